The summed E-state index contributed by atoms with van der Waals surface area (Å²) in [5.74, 6) is 0.00739. The Morgan fingerprint density at radius 2 is 1.78 bits per heavy atom. The van der Waals surface area contributed by atoms with E-state index in [-0.39, 0.29) is 11.7 Å². The smallest absolute Gasteiger partial charge is 0.223 e. The lowest BCUT2D eigenvalue weighted by molar-refractivity contribution is -0.131. The van der Waals surface area contributed by atoms with Crippen molar-refractivity contribution in [3.05, 3.63) is 65.5 Å². The van der Waals surface area contributed by atoms with E-state index in [1.54, 1.807) is 12.1 Å². The number of benzene rings is 2. The first-order valence-corrected chi connectivity index (χ1v) is 9.66. The third-order valence-electron chi connectivity index (χ3n) is 5.02. The Morgan fingerprint density at radius 3 is 2.48 bits per heavy atom. The zero-order chi connectivity index (χ0) is 19.1. The lowest BCUT2D eigenvalue weighted by Gasteiger charge is -2.36. The van der Waals surface area contributed by atoms with Gasteiger partial charge in [0.1, 0.15) is 5.82 Å². The van der Waals surface area contributed by atoms with Gasteiger partial charge in [-0.2, -0.15) is 0 Å². The highest BCUT2D eigenvalue weighted by Crippen LogP contribution is 2.18. The van der Waals surface area contributed by atoms with Crippen molar-refractivity contribution in [2.45, 2.75) is 19.8 Å². The quantitative estimate of drug-likeness (QED) is 0.762. The maximum atomic E-state index is 12.9. The first-order valence-electron chi connectivity index (χ1n) is 9.66. The second-order valence-corrected chi connectivity index (χ2v) is 7.08. The van der Waals surface area contributed by atoms with Crippen LogP contribution in [0.1, 0.15) is 17.5 Å². The molecule has 0 unspecified atom stereocenters. The van der Waals surface area contributed by atoms with Gasteiger partial charge in [0, 0.05) is 44.8 Å². The van der Waals surface area contributed by atoms with Crippen LogP contribution < -0.4 is 10.2 Å². The van der Waals surface area contributed by atoms with E-state index in [0.29, 0.717) is 13.0 Å². The molecule has 1 N–H and O–H groups in total. The van der Waals surface area contributed by atoms with Gasteiger partial charge < -0.3 is 15.1 Å². The van der Waals surface area contributed by atoms with Gasteiger partial charge >= 0.3 is 0 Å². The zero-order valence-electron chi connectivity index (χ0n) is 16.0. The third-order valence-corrected chi connectivity index (χ3v) is 5.02. The molecule has 0 bridgehead atoms. The first-order chi connectivity index (χ1) is 13.1. The van der Waals surface area contributed by atoms with Gasteiger partial charge in [0.25, 0.3) is 0 Å². The summed E-state index contributed by atoms with van der Waals surface area (Å²) in [5, 5.41) is 3.31. The van der Waals surface area contributed by atoms with Crippen LogP contribution in [0.25, 0.3) is 0 Å². The summed E-state index contributed by atoms with van der Waals surface area (Å²) in [5.41, 5.74) is 3.60. The molecular formula is C22H28FN3O. The highest BCUT2D eigenvalue weighted by Gasteiger charge is 2.20. The number of piperazine rings is 1. The number of carbonyl (C=O) groups is 1. The van der Waals surface area contributed by atoms with Gasteiger partial charge in [-0.05, 0) is 55.3 Å². The number of halogens is 1. The number of nitrogens with one attached hydrogen (secondary N) is 1. The molecule has 1 saturated heterocycles. The summed E-state index contributed by atoms with van der Waals surface area (Å²) < 4.78 is 12.9. The van der Waals surface area contributed by atoms with Gasteiger partial charge in [0.05, 0.1) is 0 Å². The Bertz CT molecular complexity index is 739. The molecule has 0 spiro atoms. The standard InChI is InChI=1S/C22H28FN3O/c1-18-3-2-4-21(17-18)25-13-15-26(16-14-25)22(27)10-12-24-11-9-19-5-7-20(23)8-6-19/h2-8,17,24H,9-16H2,1H3. The Labute approximate surface area is 161 Å². The molecule has 2 aromatic carbocycles. The number of nitrogens with zero attached hydrogens (tertiary/aromatic N) is 2. The van der Waals surface area contributed by atoms with Gasteiger partial charge in [0.2, 0.25) is 5.91 Å². The Kier molecular flexibility index (Phi) is 6.82. The predicted molar refractivity (Wildman–Crippen MR) is 108 cm³/mol. The van der Waals surface area contributed by atoms with Crippen LogP contribution in [0.5, 0.6) is 0 Å². The maximum Gasteiger partial charge on any atom is 0.223 e. The first kappa shape index (κ1) is 19.4. The van der Waals surface area contributed by atoms with E-state index in [1.165, 1.54) is 23.4 Å². The van der Waals surface area contributed by atoms with Crippen LogP contribution in [0.15, 0.2) is 48.5 Å². The molecule has 1 amide bonds. The van der Waals surface area contributed by atoms with Gasteiger partial charge in [-0.25, -0.2) is 4.39 Å². The molecule has 1 fully saturated rings. The minimum absolute atomic E-state index is 0.209. The minimum atomic E-state index is -0.209. The van der Waals surface area contributed by atoms with Crippen molar-refractivity contribution in [2.24, 2.45) is 0 Å². The molecule has 5 heteroatoms. The van der Waals surface area contributed by atoms with E-state index >= 15 is 0 Å². The molecule has 0 radical (unpaired) electrons. The van der Waals surface area contributed by atoms with Crippen molar-refractivity contribution >= 4 is 11.6 Å². The lowest BCUT2D eigenvalue weighted by atomic mass is 10.1. The maximum absolute atomic E-state index is 12.9. The van der Waals surface area contributed by atoms with Gasteiger partial charge in [-0.1, -0.05) is 24.3 Å². The molecule has 27 heavy (non-hydrogen) atoms. The minimum Gasteiger partial charge on any atom is -0.368 e. The molecule has 1 aliphatic heterocycles. The van der Waals surface area contributed by atoms with E-state index in [0.717, 1.165) is 44.7 Å². The monoisotopic (exact) mass is 369 g/mol. The van der Waals surface area contributed by atoms with Crippen LogP contribution >= 0.6 is 0 Å². The van der Waals surface area contributed by atoms with Gasteiger partial charge in [-0.15, -0.1) is 0 Å². The molecule has 0 aromatic heterocycles. The van der Waals surface area contributed by atoms with Crippen molar-refractivity contribution in [3.8, 4) is 0 Å². The van der Waals surface area contributed by atoms with Crippen LogP contribution in [-0.2, 0) is 11.2 Å². The average molecular weight is 369 g/mol. The summed E-state index contributed by atoms with van der Waals surface area (Å²) in [4.78, 5) is 16.7. The van der Waals surface area contributed by atoms with Gasteiger partial charge in [0.15, 0.2) is 0 Å². The largest absolute Gasteiger partial charge is 0.368 e. The topological polar surface area (TPSA) is 35.6 Å². The van der Waals surface area contributed by atoms with E-state index in [4.69, 9.17) is 0 Å². The Morgan fingerprint density at radius 1 is 1.04 bits per heavy atom. The second-order valence-electron chi connectivity index (χ2n) is 7.08. The highest BCUT2D eigenvalue weighted by molar-refractivity contribution is 5.76. The SMILES string of the molecule is Cc1cccc(N2CCN(C(=O)CCNCCc3ccc(F)cc3)CC2)c1. The van der Waals surface area contributed by atoms with Crippen molar-refractivity contribution in [3.63, 3.8) is 0 Å². The van der Waals surface area contributed by atoms with Crippen LogP contribution in [0.2, 0.25) is 0 Å². The number of amides is 1. The summed E-state index contributed by atoms with van der Waals surface area (Å²) in [6, 6.07) is 15.1. The molecule has 144 valence electrons. The normalized spacial score (nSPS) is 14.4. The zero-order valence-corrected chi connectivity index (χ0v) is 16.0. The molecule has 1 heterocycles. The number of aryl methyl sites for hydroxylation is 1. The predicted octanol–water partition coefficient (Wildman–Crippen LogP) is 3.01. The number of hydrogen-bond acceptors (Lipinski definition) is 3. The second kappa shape index (κ2) is 9.51. The summed E-state index contributed by atoms with van der Waals surface area (Å²) in [6.07, 6.45) is 1.36. The van der Waals surface area contributed by atoms with Crippen molar-refractivity contribution < 1.29 is 9.18 Å². The average Bonchev–Trinajstić information content (AvgIpc) is 2.69. The molecule has 4 nitrogen and oxygen atoms in total. The summed E-state index contributed by atoms with van der Waals surface area (Å²) in [6.45, 7) is 6.90. The highest BCUT2D eigenvalue weighted by atomic mass is 19.1. The van der Waals surface area contributed by atoms with E-state index in [1.807, 2.05) is 4.90 Å². The van der Waals surface area contributed by atoms with E-state index < -0.39 is 0 Å². The fraction of sp³-hybridized carbons (Fsp3) is 0.409. The fourth-order valence-electron chi connectivity index (χ4n) is 3.40. The number of hydrogen-bond donors (Lipinski definition) is 1. The molecule has 1 aliphatic rings. The van der Waals surface area contributed by atoms with E-state index in [9.17, 15) is 9.18 Å². The van der Waals surface area contributed by atoms with Crippen molar-refractivity contribution in [1.82, 2.24) is 10.2 Å². The fourth-order valence-corrected chi connectivity index (χ4v) is 3.40. The van der Waals surface area contributed by atoms with Crippen LogP contribution in [0.3, 0.4) is 0 Å². The van der Waals surface area contributed by atoms with E-state index in [2.05, 4.69) is 41.4 Å². The number of anilines is 1. The molecule has 0 saturated carbocycles. The number of rotatable bonds is 7. The van der Waals surface area contributed by atoms with Crippen LogP contribution in [0.4, 0.5) is 10.1 Å². The van der Waals surface area contributed by atoms with Crippen LogP contribution in [0, 0.1) is 12.7 Å². The molecular weight excluding hydrogens is 341 g/mol. The molecule has 0 atom stereocenters. The molecule has 0 aliphatic carbocycles. The lowest BCUT2D eigenvalue weighted by Crippen LogP contribution is -2.49. The van der Waals surface area contributed by atoms with Crippen molar-refractivity contribution in [2.75, 3.05) is 44.2 Å². The summed E-state index contributed by atoms with van der Waals surface area (Å²) in [7, 11) is 0. The summed E-state index contributed by atoms with van der Waals surface area (Å²) >= 11 is 0. The van der Waals surface area contributed by atoms with Gasteiger partial charge in [-0.3, -0.25) is 4.79 Å². The molecule has 2 aromatic rings. The number of carbonyl (C=O) groups excluding carboxylic acids is 1. The Balaban J connectivity index is 1.33. The van der Waals surface area contributed by atoms with Crippen molar-refractivity contribution in [1.29, 1.82) is 0 Å². The van der Waals surface area contributed by atoms with Crippen LogP contribution in [-0.4, -0.2) is 50.1 Å². The Hall–Kier alpha value is -2.40. The molecule has 3 rings (SSSR count). The third kappa shape index (κ3) is 5.79.